The van der Waals surface area contributed by atoms with Crippen molar-refractivity contribution in [2.45, 2.75) is 13.8 Å². The number of carbonyl (C=O) groups excluding carboxylic acids is 1. The van der Waals surface area contributed by atoms with Gasteiger partial charge in [0, 0.05) is 18.7 Å². The van der Waals surface area contributed by atoms with E-state index in [4.69, 9.17) is 21.6 Å². The van der Waals surface area contributed by atoms with Crippen LogP contribution in [0.5, 0.6) is 0 Å². The van der Waals surface area contributed by atoms with Crippen LogP contribution in [0, 0.1) is 18.3 Å². The molecule has 0 radical (unpaired) electrons. The molecule has 0 saturated carbocycles. The number of nitriles is 1. The van der Waals surface area contributed by atoms with Crippen molar-refractivity contribution in [1.82, 2.24) is 4.57 Å². The molecule has 0 aliphatic rings. The maximum atomic E-state index is 11.8. The second-order valence-corrected chi connectivity index (χ2v) is 4.12. The molecule has 0 aromatic carbocycles. The fourth-order valence-corrected chi connectivity index (χ4v) is 1.84. The van der Waals surface area contributed by atoms with E-state index in [1.165, 1.54) is 19.2 Å². The molecule has 1 rings (SSSR count). The summed E-state index contributed by atoms with van der Waals surface area (Å²) in [6.45, 7) is 3.58. The molecule has 6 heteroatoms. The highest BCUT2D eigenvalue weighted by Gasteiger charge is 2.14. The van der Waals surface area contributed by atoms with Crippen LogP contribution in [0.3, 0.4) is 0 Å². The SMILES string of the molecule is CCOC(=O)/C=C/c1c(C)c(C#N)c(=O)n(C)c1Cl. The molecule has 5 nitrogen and oxygen atoms in total. The highest BCUT2D eigenvalue weighted by molar-refractivity contribution is 6.31. The minimum Gasteiger partial charge on any atom is -0.463 e. The predicted octanol–water partition coefficient (Wildman–Crippen LogP) is 1.80. The van der Waals surface area contributed by atoms with Crippen molar-refractivity contribution in [3.05, 3.63) is 38.3 Å². The van der Waals surface area contributed by atoms with Crippen LogP contribution in [-0.4, -0.2) is 17.1 Å². The van der Waals surface area contributed by atoms with Crippen molar-refractivity contribution in [3.8, 4) is 6.07 Å². The second kappa shape index (κ2) is 6.21. The summed E-state index contributed by atoms with van der Waals surface area (Å²) in [5, 5.41) is 9.15. The fourth-order valence-electron chi connectivity index (χ4n) is 1.55. The van der Waals surface area contributed by atoms with Crippen LogP contribution in [0.25, 0.3) is 6.08 Å². The number of aromatic nitrogens is 1. The lowest BCUT2D eigenvalue weighted by atomic mass is 10.1. The van der Waals surface area contributed by atoms with Gasteiger partial charge in [-0.3, -0.25) is 4.79 Å². The standard InChI is InChI=1S/C13H13ClN2O3/c1-4-19-11(17)6-5-9-8(2)10(7-15)13(18)16(3)12(9)14/h5-6H,4H2,1-3H3/b6-5+. The Morgan fingerprint density at radius 2 is 2.21 bits per heavy atom. The zero-order valence-electron chi connectivity index (χ0n) is 10.9. The van der Waals surface area contributed by atoms with Gasteiger partial charge in [0.1, 0.15) is 16.8 Å². The lowest BCUT2D eigenvalue weighted by Gasteiger charge is -2.10. The van der Waals surface area contributed by atoms with E-state index in [-0.39, 0.29) is 17.3 Å². The molecule has 0 N–H and O–H groups in total. The van der Waals surface area contributed by atoms with Gasteiger partial charge in [0.25, 0.3) is 5.56 Å². The number of ether oxygens (including phenoxy) is 1. The third kappa shape index (κ3) is 3.04. The highest BCUT2D eigenvalue weighted by atomic mass is 35.5. The number of esters is 1. The predicted molar refractivity (Wildman–Crippen MR) is 71.8 cm³/mol. The normalized spacial score (nSPS) is 10.5. The molecule has 1 aromatic heterocycles. The Labute approximate surface area is 115 Å². The zero-order chi connectivity index (χ0) is 14.6. The van der Waals surface area contributed by atoms with Gasteiger partial charge >= 0.3 is 5.97 Å². The Kier molecular flexibility index (Phi) is 4.90. The van der Waals surface area contributed by atoms with E-state index in [1.54, 1.807) is 13.8 Å². The average molecular weight is 281 g/mol. The summed E-state index contributed by atoms with van der Waals surface area (Å²) in [4.78, 5) is 23.0. The molecule has 0 fully saturated rings. The smallest absolute Gasteiger partial charge is 0.330 e. The molecule has 0 amide bonds. The number of hydrogen-bond donors (Lipinski definition) is 0. The molecule has 0 bridgehead atoms. The van der Waals surface area contributed by atoms with E-state index in [0.29, 0.717) is 11.1 Å². The van der Waals surface area contributed by atoms with Crippen LogP contribution in [0.2, 0.25) is 5.15 Å². The van der Waals surface area contributed by atoms with Crippen LogP contribution in [0.1, 0.15) is 23.6 Å². The Balaban J connectivity index is 3.38. The zero-order valence-corrected chi connectivity index (χ0v) is 11.6. The summed E-state index contributed by atoms with van der Waals surface area (Å²) < 4.78 is 5.92. The summed E-state index contributed by atoms with van der Waals surface area (Å²) in [6, 6.07) is 1.84. The summed E-state index contributed by atoms with van der Waals surface area (Å²) >= 11 is 6.04. The van der Waals surface area contributed by atoms with Crippen LogP contribution in [-0.2, 0) is 16.6 Å². The third-order valence-corrected chi connectivity index (χ3v) is 3.06. The second-order valence-electron chi connectivity index (χ2n) is 3.77. The van der Waals surface area contributed by atoms with Gasteiger partial charge in [-0.2, -0.15) is 5.26 Å². The van der Waals surface area contributed by atoms with Gasteiger partial charge in [0.05, 0.1) is 6.61 Å². The van der Waals surface area contributed by atoms with Crippen molar-refractivity contribution >= 4 is 23.6 Å². The van der Waals surface area contributed by atoms with Gasteiger partial charge in [-0.05, 0) is 25.5 Å². The summed E-state index contributed by atoms with van der Waals surface area (Å²) in [5.41, 5.74) is 0.443. The van der Waals surface area contributed by atoms with E-state index >= 15 is 0 Å². The quantitative estimate of drug-likeness (QED) is 0.481. The molecule has 0 atom stereocenters. The summed E-state index contributed by atoms with van der Waals surface area (Å²) in [5.74, 6) is -0.509. The number of rotatable bonds is 3. The molecule has 0 aliphatic heterocycles. The number of nitrogens with zero attached hydrogens (tertiary/aromatic N) is 2. The minimum absolute atomic E-state index is 0.00964. The average Bonchev–Trinajstić information content (AvgIpc) is 2.37. The Bertz CT molecular complexity index is 639. The third-order valence-electron chi connectivity index (χ3n) is 2.60. The molecule has 0 spiro atoms. The van der Waals surface area contributed by atoms with Crippen molar-refractivity contribution in [1.29, 1.82) is 5.26 Å². The molecular weight excluding hydrogens is 268 g/mol. The molecule has 0 unspecified atom stereocenters. The maximum Gasteiger partial charge on any atom is 0.330 e. The van der Waals surface area contributed by atoms with Crippen LogP contribution >= 0.6 is 11.6 Å². The van der Waals surface area contributed by atoms with Gasteiger partial charge in [-0.15, -0.1) is 0 Å². The Hall–Kier alpha value is -2.06. The van der Waals surface area contributed by atoms with Gasteiger partial charge in [-0.25, -0.2) is 4.79 Å². The van der Waals surface area contributed by atoms with Gasteiger partial charge in [0.15, 0.2) is 0 Å². The number of halogens is 1. The van der Waals surface area contributed by atoms with Gasteiger partial charge in [0.2, 0.25) is 0 Å². The highest BCUT2D eigenvalue weighted by Crippen LogP contribution is 2.21. The largest absolute Gasteiger partial charge is 0.463 e. The van der Waals surface area contributed by atoms with Crippen LogP contribution < -0.4 is 5.56 Å². The summed E-state index contributed by atoms with van der Waals surface area (Å²) in [7, 11) is 1.46. The topological polar surface area (TPSA) is 72.1 Å². The Morgan fingerprint density at radius 3 is 2.74 bits per heavy atom. The maximum absolute atomic E-state index is 11.8. The lowest BCUT2D eigenvalue weighted by Crippen LogP contribution is -2.22. The molecule has 1 aromatic rings. The van der Waals surface area contributed by atoms with Crippen molar-refractivity contribution in [3.63, 3.8) is 0 Å². The Morgan fingerprint density at radius 1 is 1.58 bits per heavy atom. The first-order valence-electron chi connectivity index (χ1n) is 5.58. The van der Waals surface area contributed by atoms with Gasteiger partial charge < -0.3 is 9.30 Å². The first-order chi connectivity index (χ1) is 8.93. The number of hydrogen-bond acceptors (Lipinski definition) is 4. The van der Waals surface area contributed by atoms with Crippen molar-refractivity contribution < 1.29 is 9.53 Å². The molecular formula is C13H13ClN2O3. The summed E-state index contributed by atoms with van der Waals surface area (Å²) in [6.07, 6.45) is 2.65. The monoisotopic (exact) mass is 280 g/mol. The minimum atomic E-state index is -0.509. The lowest BCUT2D eigenvalue weighted by molar-refractivity contribution is -0.137. The van der Waals surface area contributed by atoms with E-state index in [1.807, 2.05) is 6.07 Å². The van der Waals surface area contributed by atoms with E-state index in [0.717, 1.165) is 4.57 Å². The molecule has 1 heterocycles. The van der Waals surface area contributed by atoms with Crippen molar-refractivity contribution in [2.75, 3.05) is 6.61 Å². The molecule has 100 valence electrons. The number of pyridine rings is 1. The first-order valence-corrected chi connectivity index (χ1v) is 5.95. The molecule has 0 aliphatic carbocycles. The van der Waals surface area contributed by atoms with Gasteiger partial charge in [-0.1, -0.05) is 11.6 Å². The van der Waals surface area contributed by atoms with Crippen LogP contribution in [0.4, 0.5) is 0 Å². The van der Waals surface area contributed by atoms with Crippen molar-refractivity contribution in [2.24, 2.45) is 7.05 Å². The van der Waals surface area contributed by atoms with Crippen LogP contribution in [0.15, 0.2) is 10.9 Å². The first kappa shape index (κ1) is 15.0. The van der Waals surface area contributed by atoms with E-state index in [2.05, 4.69) is 0 Å². The molecule has 0 saturated heterocycles. The molecule has 19 heavy (non-hydrogen) atoms. The van der Waals surface area contributed by atoms with E-state index in [9.17, 15) is 9.59 Å². The van der Waals surface area contributed by atoms with E-state index < -0.39 is 11.5 Å². The fraction of sp³-hybridized carbons (Fsp3) is 0.308. The number of carbonyl (C=O) groups is 1.